The highest BCUT2D eigenvalue weighted by Crippen LogP contribution is 2.35. The van der Waals surface area contributed by atoms with E-state index in [9.17, 15) is 26.3 Å². The number of rotatable bonds is 8. The van der Waals surface area contributed by atoms with Crippen LogP contribution in [-0.4, -0.2) is 38.1 Å². The van der Waals surface area contributed by atoms with Crippen molar-refractivity contribution in [1.82, 2.24) is 24.9 Å². The zero-order chi connectivity index (χ0) is 26.1. The van der Waals surface area contributed by atoms with Gasteiger partial charge in [-0.2, -0.15) is 22.7 Å². The van der Waals surface area contributed by atoms with Gasteiger partial charge in [0, 0.05) is 11.6 Å². The van der Waals surface area contributed by atoms with Crippen LogP contribution in [0.3, 0.4) is 0 Å². The van der Waals surface area contributed by atoms with Gasteiger partial charge >= 0.3 is 13.2 Å². The van der Waals surface area contributed by atoms with Crippen molar-refractivity contribution in [3.63, 3.8) is 0 Å². The zero-order valence-electron chi connectivity index (χ0n) is 18.3. The Morgan fingerprint density at radius 1 is 0.865 bits per heavy atom. The Hall–Kier alpha value is -4.62. The fourth-order valence-corrected chi connectivity index (χ4v) is 3.48. The molecule has 0 saturated carbocycles. The lowest BCUT2D eigenvalue weighted by Gasteiger charge is -2.12. The molecule has 3 aromatic rings. The highest BCUT2D eigenvalue weighted by molar-refractivity contribution is 5.66. The van der Waals surface area contributed by atoms with Crippen molar-refractivity contribution in [3.05, 3.63) is 72.3 Å². The van der Waals surface area contributed by atoms with Crippen molar-refractivity contribution in [2.24, 2.45) is 0 Å². The highest BCUT2D eigenvalue weighted by Gasteiger charge is 2.20. The molecular weight excluding hydrogens is 508 g/mol. The molecule has 2 aliphatic heterocycles. The summed E-state index contributed by atoms with van der Waals surface area (Å²) in [6.45, 7) is -6.44. The average Bonchev–Trinajstić information content (AvgIpc) is 3.48. The molecule has 37 heavy (non-hydrogen) atoms. The van der Waals surface area contributed by atoms with Gasteiger partial charge in [0.05, 0.1) is 18.0 Å². The van der Waals surface area contributed by atoms with Gasteiger partial charge in [0.1, 0.15) is 23.6 Å². The Morgan fingerprint density at radius 2 is 1.62 bits per heavy atom. The molecule has 0 spiro atoms. The van der Waals surface area contributed by atoms with Crippen LogP contribution < -0.4 is 9.47 Å². The summed E-state index contributed by atoms with van der Waals surface area (Å²) in [6, 6.07) is 8.60. The lowest BCUT2D eigenvalue weighted by Crippen LogP contribution is -2.07. The summed E-state index contributed by atoms with van der Waals surface area (Å²) in [5.41, 5.74) is 1.06. The molecule has 5 rings (SSSR count). The van der Waals surface area contributed by atoms with Crippen LogP contribution in [0.1, 0.15) is 5.76 Å². The Balaban J connectivity index is 1.38. The van der Waals surface area contributed by atoms with E-state index in [4.69, 9.17) is 4.52 Å². The molecular formula is C23H13F6N5O3. The SMILES string of the molecule is Fc1cccc(-c2nc3cnn(Cc4cc(-c5ccc(OC(F)F)c(OC(F)F)c5)no4)cc-3n2)c1F. The van der Waals surface area contributed by atoms with Crippen molar-refractivity contribution >= 4 is 0 Å². The number of nitrogens with zero attached hydrogens (tertiary/aromatic N) is 5. The molecule has 3 heterocycles. The number of alkyl halides is 4. The molecule has 0 radical (unpaired) electrons. The van der Waals surface area contributed by atoms with Crippen LogP contribution in [0.25, 0.3) is 34.0 Å². The maximum Gasteiger partial charge on any atom is 0.387 e. The van der Waals surface area contributed by atoms with Gasteiger partial charge in [-0.25, -0.2) is 18.7 Å². The number of ether oxygens (including phenoxy) is 2. The Labute approximate surface area is 203 Å². The van der Waals surface area contributed by atoms with Crippen LogP contribution in [0.2, 0.25) is 0 Å². The van der Waals surface area contributed by atoms with Gasteiger partial charge in [0.2, 0.25) is 0 Å². The first-order chi connectivity index (χ1) is 17.8. The lowest BCUT2D eigenvalue weighted by molar-refractivity contribution is -0.0692. The Morgan fingerprint density at radius 3 is 2.41 bits per heavy atom. The van der Waals surface area contributed by atoms with E-state index in [-0.39, 0.29) is 29.2 Å². The van der Waals surface area contributed by atoms with E-state index in [0.717, 1.165) is 18.2 Å². The minimum atomic E-state index is -3.27. The van der Waals surface area contributed by atoms with E-state index < -0.39 is 36.4 Å². The number of hydrogen-bond acceptors (Lipinski definition) is 7. The Kier molecular flexibility index (Phi) is 6.38. The number of benzene rings is 2. The summed E-state index contributed by atoms with van der Waals surface area (Å²) < 4.78 is 93.4. The maximum absolute atomic E-state index is 14.1. The van der Waals surface area contributed by atoms with Gasteiger partial charge in [-0.3, -0.25) is 4.68 Å². The molecule has 0 atom stereocenters. The smallest absolute Gasteiger partial charge is 0.387 e. The van der Waals surface area contributed by atoms with E-state index in [1.54, 1.807) is 0 Å². The third kappa shape index (κ3) is 5.17. The summed E-state index contributed by atoms with van der Waals surface area (Å²) in [4.78, 5) is 8.42. The predicted octanol–water partition coefficient (Wildman–Crippen LogP) is 5.63. The second kappa shape index (κ2) is 9.79. The van der Waals surface area contributed by atoms with Crippen LogP contribution in [0.15, 0.2) is 59.4 Å². The molecule has 0 unspecified atom stereocenters. The largest absolute Gasteiger partial charge is 0.431 e. The Bertz CT molecular complexity index is 1520. The molecule has 14 heteroatoms. The van der Waals surface area contributed by atoms with Crippen LogP contribution in [0.4, 0.5) is 26.3 Å². The first kappa shape index (κ1) is 24.1. The summed E-state index contributed by atoms with van der Waals surface area (Å²) in [7, 11) is 0. The van der Waals surface area contributed by atoms with E-state index in [1.807, 2.05) is 0 Å². The van der Waals surface area contributed by atoms with Crippen LogP contribution in [0.5, 0.6) is 11.5 Å². The monoisotopic (exact) mass is 521 g/mol. The first-order valence-corrected chi connectivity index (χ1v) is 10.4. The lowest BCUT2D eigenvalue weighted by atomic mass is 10.1. The molecule has 0 bridgehead atoms. The number of halogens is 6. The molecule has 1 aromatic heterocycles. The minimum absolute atomic E-state index is 0.00501. The molecule has 0 amide bonds. The molecule has 0 aliphatic carbocycles. The van der Waals surface area contributed by atoms with Crippen molar-refractivity contribution in [2.45, 2.75) is 19.8 Å². The third-order valence-corrected chi connectivity index (χ3v) is 5.06. The summed E-state index contributed by atoms with van der Waals surface area (Å²) in [6.07, 6.45) is 2.90. The first-order valence-electron chi connectivity index (χ1n) is 10.4. The standard InChI is InChI=1S/C23H13F6N5O3/c24-14-3-1-2-13(20(14)25)21-31-16-8-30-34(10-17(16)32-21)9-12-7-15(33-37-12)11-4-5-18(35-22(26)27)19(6-11)36-23(28)29/h1-8,10,22-23H,9H2. The van der Waals surface area contributed by atoms with Crippen molar-refractivity contribution < 1.29 is 40.3 Å². The minimum Gasteiger partial charge on any atom is -0.431 e. The summed E-state index contributed by atoms with van der Waals surface area (Å²) in [5, 5.41) is 8.05. The molecule has 0 saturated heterocycles. The topological polar surface area (TPSA) is 88.1 Å². The third-order valence-electron chi connectivity index (χ3n) is 5.06. The second-order valence-corrected chi connectivity index (χ2v) is 7.49. The molecule has 190 valence electrons. The van der Waals surface area contributed by atoms with Crippen molar-refractivity contribution in [2.75, 3.05) is 0 Å². The molecule has 0 N–H and O–H groups in total. The van der Waals surface area contributed by atoms with Crippen molar-refractivity contribution in [1.29, 1.82) is 0 Å². The molecule has 2 aliphatic rings. The van der Waals surface area contributed by atoms with E-state index >= 15 is 0 Å². The number of fused-ring (bicyclic) bond motifs is 1. The quantitative estimate of drug-likeness (QED) is 0.245. The number of hydrogen-bond donors (Lipinski definition) is 0. The van der Waals surface area contributed by atoms with Gasteiger partial charge in [0.25, 0.3) is 0 Å². The highest BCUT2D eigenvalue weighted by atomic mass is 19.3. The van der Waals surface area contributed by atoms with Gasteiger partial charge in [0.15, 0.2) is 34.7 Å². The van der Waals surface area contributed by atoms with Crippen LogP contribution >= 0.6 is 0 Å². The van der Waals surface area contributed by atoms with Gasteiger partial charge in [-0.15, -0.1) is 0 Å². The zero-order valence-corrected chi connectivity index (χ0v) is 18.3. The van der Waals surface area contributed by atoms with Crippen LogP contribution in [-0.2, 0) is 6.54 Å². The molecule has 2 aromatic carbocycles. The second-order valence-electron chi connectivity index (χ2n) is 7.49. The fraction of sp³-hybridized carbons (Fsp3) is 0.130. The molecule has 8 nitrogen and oxygen atoms in total. The summed E-state index contributed by atoms with van der Waals surface area (Å²) in [5.74, 6) is -2.96. The van der Waals surface area contributed by atoms with E-state index in [2.05, 4.69) is 29.7 Å². The molecule has 0 fully saturated rings. The van der Waals surface area contributed by atoms with Gasteiger partial charge < -0.3 is 14.0 Å². The number of imidazole rings is 1. The fourth-order valence-electron chi connectivity index (χ4n) is 3.48. The maximum atomic E-state index is 14.1. The van der Waals surface area contributed by atoms with Gasteiger partial charge in [-0.05, 0) is 30.3 Å². The predicted molar refractivity (Wildman–Crippen MR) is 114 cm³/mol. The van der Waals surface area contributed by atoms with Crippen molar-refractivity contribution in [3.8, 4) is 45.5 Å². The van der Waals surface area contributed by atoms with Gasteiger partial charge in [-0.1, -0.05) is 11.2 Å². The van der Waals surface area contributed by atoms with Crippen LogP contribution in [0, 0.1) is 11.6 Å². The van der Waals surface area contributed by atoms with E-state index in [0.29, 0.717) is 17.1 Å². The average molecular weight is 521 g/mol. The summed E-state index contributed by atoms with van der Waals surface area (Å²) >= 11 is 0. The normalized spacial score (nSPS) is 11.6. The van der Waals surface area contributed by atoms with E-state index in [1.165, 1.54) is 41.3 Å². The number of aromatic nitrogens is 5.